The maximum atomic E-state index is 14.0. The van der Waals surface area contributed by atoms with Crippen LogP contribution in [0.3, 0.4) is 0 Å². The summed E-state index contributed by atoms with van der Waals surface area (Å²) in [6.45, 7) is 7.31. The van der Waals surface area contributed by atoms with Crippen molar-refractivity contribution in [3.05, 3.63) is 94.3 Å². The summed E-state index contributed by atoms with van der Waals surface area (Å²) < 4.78 is 5.51. The second-order valence-corrected chi connectivity index (χ2v) is 9.16. The second-order valence-electron chi connectivity index (χ2n) is 9.16. The monoisotopic (exact) mass is 455 g/mol. The molecule has 1 aliphatic heterocycles. The number of carbonyl (C=O) groups excluding carboxylic acids is 2. The summed E-state index contributed by atoms with van der Waals surface area (Å²) in [5.74, 6) is 0.546. The zero-order chi connectivity index (χ0) is 23.9. The Balaban J connectivity index is 1.49. The Bertz CT molecular complexity index is 1210. The third-order valence-corrected chi connectivity index (χ3v) is 6.98. The Kier molecular flexibility index (Phi) is 5.80. The number of ketones is 2. The number of nitrogens with zero attached hydrogens (tertiary/aromatic N) is 3. The molecule has 0 bridgehead atoms. The van der Waals surface area contributed by atoms with Gasteiger partial charge in [0.2, 0.25) is 0 Å². The van der Waals surface area contributed by atoms with E-state index in [2.05, 4.69) is 15.9 Å². The van der Waals surface area contributed by atoms with Crippen LogP contribution in [0.15, 0.2) is 60.7 Å². The first-order valence-corrected chi connectivity index (χ1v) is 11.7. The number of pyridine rings is 1. The van der Waals surface area contributed by atoms with E-state index in [1.807, 2.05) is 56.3 Å². The number of benzene rings is 2. The van der Waals surface area contributed by atoms with Gasteiger partial charge in [0, 0.05) is 55.1 Å². The molecule has 0 saturated carbocycles. The zero-order valence-electron chi connectivity index (χ0n) is 19.9. The third-order valence-electron chi connectivity index (χ3n) is 6.98. The van der Waals surface area contributed by atoms with E-state index in [1.54, 1.807) is 19.2 Å². The van der Waals surface area contributed by atoms with Crippen LogP contribution in [0.1, 0.15) is 43.2 Å². The average Bonchev–Trinajstić information content (AvgIpc) is 3.07. The van der Waals surface area contributed by atoms with Gasteiger partial charge in [0.1, 0.15) is 5.75 Å². The summed E-state index contributed by atoms with van der Waals surface area (Å²) in [5, 5.41) is 0. The molecule has 1 aliphatic carbocycles. The van der Waals surface area contributed by atoms with Crippen LogP contribution in [-0.2, 0) is 12.1 Å². The maximum Gasteiger partial charge on any atom is 0.198 e. The molecule has 174 valence electrons. The van der Waals surface area contributed by atoms with Crippen LogP contribution in [-0.4, -0.2) is 59.6 Å². The molecule has 34 heavy (non-hydrogen) atoms. The molecule has 1 saturated heterocycles. The molecular formula is C28H29N3O3. The molecule has 3 aromatic rings. The summed E-state index contributed by atoms with van der Waals surface area (Å²) in [4.78, 5) is 37.1. The lowest BCUT2D eigenvalue weighted by Gasteiger charge is -2.43. The van der Waals surface area contributed by atoms with Gasteiger partial charge in [-0.15, -0.1) is 0 Å². The molecule has 5 rings (SSSR count). The van der Waals surface area contributed by atoms with Crippen molar-refractivity contribution < 1.29 is 14.3 Å². The molecule has 0 amide bonds. The molecule has 6 heteroatoms. The molecule has 2 aliphatic rings. The molecule has 2 aromatic carbocycles. The summed E-state index contributed by atoms with van der Waals surface area (Å²) in [6, 6.07) is 19.1. The minimum atomic E-state index is -1.41. The Labute approximate surface area is 200 Å². The highest BCUT2D eigenvalue weighted by atomic mass is 16.5. The number of aryl methyl sites for hydroxylation is 2. The van der Waals surface area contributed by atoms with Gasteiger partial charge in [-0.1, -0.05) is 42.5 Å². The van der Waals surface area contributed by atoms with E-state index in [4.69, 9.17) is 9.72 Å². The average molecular weight is 456 g/mol. The number of rotatable bonds is 5. The fourth-order valence-electron chi connectivity index (χ4n) is 5.40. The van der Waals surface area contributed by atoms with Crippen molar-refractivity contribution in [1.82, 2.24) is 14.8 Å². The number of fused-ring (bicyclic) bond motifs is 1. The third kappa shape index (κ3) is 3.54. The van der Waals surface area contributed by atoms with Crippen molar-refractivity contribution in [3.8, 4) is 5.75 Å². The maximum absolute atomic E-state index is 14.0. The first-order valence-electron chi connectivity index (χ1n) is 11.7. The molecule has 1 fully saturated rings. The Morgan fingerprint density at radius 3 is 2.12 bits per heavy atom. The van der Waals surface area contributed by atoms with E-state index >= 15 is 0 Å². The van der Waals surface area contributed by atoms with Crippen molar-refractivity contribution in [2.45, 2.75) is 25.9 Å². The summed E-state index contributed by atoms with van der Waals surface area (Å²) >= 11 is 0. The largest absolute Gasteiger partial charge is 0.496 e. The highest BCUT2D eigenvalue weighted by Gasteiger charge is 2.59. The van der Waals surface area contributed by atoms with E-state index in [1.165, 1.54) is 0 Å². The van der Waals surface area contributed by atoms with Gasteiger partial charge >= 0.3 is 0 Å². The van der Waals surface area contributed by atoms with Gasteiger partial charge in [-0.25, -0.2) is 0 Å². The minimum Gasteiger partial charge on any atom is -0.496 e. The number of hydrogen-bond acceptors (Lipinski definition) is 6. The summed E-state index contributed by atoms with van der Waals surface area (Å²) in [5.41, 5.74) is 3.04. The number of methoxy groups -OCH3 is 1. The van der Waals surface area contributed by atoms with E-state index in [-0.39, 0.29) is 11.6 Å². The number of ether oxygens (including phenoxy) is 1. The Morgan fingerprint density at radius 2 is 1.50 bits per heavy atom. The topological polar surface area (TPSA) is 62.7 Å². The molecule has 0 N–H and O–H groups in total. The van der Waals surface area contributed by atoms with Crippen molar-refractivity contribution in [3.63, 3.8) is 0 Å². The quantitative estimate of drug-likeness (QED) is 0.546. The molecule has 0 unspecified atom stereocenters. The number of para-hydroxylation sites is 1. The molecule has 1 aromatic heterocycles. The van der Waals surface area contributed by atoms with Crippen molar-refractivity contribution >= 4 is 11.6 Å². The van der Waals surface area contributed by atoms with Crippen molar-refractivity contribution in [2.75, 3.05) is 33.3 Å². The van der Waals surface area contributed by atoms with Crippen LogP contribution in [0, 0.1) is 13.8 Å². The summed E-state index contributed by atoms with van der Waals surface area (Å²) in [6.07, 6.45) is 0. The molecule has 0 atom stereocenters. The predicted octanol–water partition coefficient (Wildman–Crippen LogP) is 3.80. The van der Waals surface area contributed by atoms with Gasteiger partial charge in [0.25, 0.3) is 0 Å². The summed E-state index contributed by atoms with van der Waals surface area (Å²) in [7, 11) is 1.69. The van der Waals surface area contributed by atoms with Crippen LogP contribution in [0.2, 0.25) is 0 Å². The molecule has 0 spiro atoms. The number of piperazine rings is 1. The molecule has 6 nitrogen and oxygen atoms in total. The van der Waals surface area contributed by atoms with Gasteiger partial charge in [-0.05, 0) is 37.6 Å². The fraction of sp³-hybridized carbons (Fsp3) is 0.321. The first kappa shape index (κ1) is 22.4. The predicted molar refractivity (Wildman–Crippen MR) is 130 cm³/mol. The van der Waals surface area contributed by atoms with Crippen LogP contribution in [0.25, 0.3) is 0 Å². The number of hydrogen-bond donors (Lipinski definition) is 0. The standard InChI is InChI=1S/C28H29N3O3/c1-19-16-20(2)29-25(17-19)28(26(32)22-9-5-6-10-23(22)27(28)33)31-14-12-30(13-15-31)18-21-8-4-7-11-24(21)34-3/h4-11,16-17H,12-15,18H2,1-3H3. The van der Waals surface area contributed by atoms with Gasteiger partial charge in [0.15, 0.2) is 17.1 Å². The van der Waals surface area contributed by atoms with E-state index in [0.717, 1.165) is 42.2 Å². The van der Waals surface area contributed by atoms with Crippen molar-refractivity contribution in [2.24, 2.45) is 0 Å². The Morgan fingerprint density at radius 1 is 0.882 bits per heavy atom. The Hall–Kier alpha value is -3.35. The fourth-order valence-corrected chi connectivity index (χ4v) is 5.40. The van der Waals surface area contributed by atoms with Gasteiger partial charge in [-0.2, -0.15) is 0 Å². The smallest absolute Gasteiger partial charge is 0.198 e. The van der Waals surface area contributed by atoms with E-state index < -0.39 is 5.54 Å². The normalized spacial score (nSPS) is 18.2. The van der Waals surface area contributed by atoms with Crippen LogP contribution >= 0.6 is 0 Å². The highest BCUT2D eigenvalue weighted by Crippen LogP contribution is 2.42. The van der Waals surface area contributed by atoms with Gasteiger partial charge < -0.3 is 4.74 Å². The first-order chi connectivity index (χ1) is 16.4. The van der Waals surface area contributed by atoms with Crippen molar-refractivity contribution in [1.29, 1.82) is 0 Å². The van der Waals surface area contributed by atoms with Crippen LogP contribution in [0.5, 0.6) is 5.75 Å². The molecule has 2 heterocycles. The number of carbonyl (C=O) groups is 2. The second kappa shape index (κ2) is 8.78. The highest BCUT2D eigenvalue weighted by molar-refractivity contribution is 6.32. The lowest BCUT2D eigenvalue weighted by Crippen LogP contribution is -2.60. The molecular weight excluding hydrogens is 426 g/mol. The SMILES string of the molecule is COc1ccccc1CN1CCN(C2(c3cc(C)cc(C)n3)C(=O)c3ccccc3C2=O)CC1. The zero-order valence-corrected chi connectivity index (χ0v) is 19.9. The van der Waals surface area contributed by atoms with E-state index in [0.29, 0.717) is 29.9 Å². The minimum absolute atomic E-state index is 0.163. The van der Waals surface area contributed by atoms with Crippen LogP contribution in [0.4, 0.5) is 0 Å². The molecule has 0 radical (unpaired) electrons. The number of Topliss-reactive ketones (excluding diaryl/α,β-unsaturated/α-hetero) is 2. The number of aromatic nitrogens is 1. The van der Waals surface area contributed by atoms with Gasteiger partial charge in [0.05, 0.1) is 12.8 Å². The van der Waals surface area contributed by atoms with E-state index in [9.17, 15) is 9.59 Å². The van der Waals surface area contributed by atoms with Crippen LogP contribution < -0.4 is 4.74 Å². The van der Waals surface area contributed by atoms with Gasteiger partial charge in [-0.3, -0.25) is 24.4 Å². The lowest BCUT2D eigenvalue weighted by molar-refractivity contribution is 0.0265. The lowest BCUT2D eigenvalue weighted by atomic mass is 9.85.